The van der Waals surface area contributed by atoms with E-state index >= 15 is 0 Å². The molecule has 7 heteroatoms. The molecule has 0 amide bonds. The topological polar surface area (TPSA) is 52.7 Å². The summed E-state index contributed by atoms with van der Waals surface area (Å²) < 4.78 is 25.5. The van der Waals surface area contributed by atoms with Gasteiger partial charge in [-0.15, -0.1) is 12.4 Å². The van der Waals surface area contributed by atoms with Gasteiger partial charge in [0, 0.05) is 33.2 Å². The van der Waals surface area contributed by atoms with Gasteiger partial charge in [-0.3, -0.25) is 4.90 Å². The maximum Gasteiger partial charge on any atom is 0.242 e. The Labute approximate surface area is 133 Å². The summed E-state index contributed by atoms with van der Waals surface area (Å²) in [6.07, 6.45) is 1.15. The molecule has 1 saturated heterocycles. The van der Waals surface area contributed by atoms with Gasteiger partial charge in [0.1, 0.15) is 0 Å². The first-order valence-corrected chi connectivity index (χ1v) is 8.27. The second-order valence-electron chi connectivity index (χ2n) is 5.50. The number of hydrogen-bond donors (Lipinski definition) is 1. The molecule has 0 spiro atoms. The van der Waals surface area contributed by atoms with E-state index in [1.165, 1.54) is 4.31 Å². The minimum absolute atomic E-state index is 0. The van der Waals surface area contributed by atoms with Crippen LogP contribution in [0.1, 0.15) is 12.0 Å². The Kier molecular flexibility index (Phi) is 6.62. The van der Waals surface area contributed by atoms with Crippen molar-refractivity contribution in [3.05, 3.63) is 29.8 Å². The maximum atomic E-state index is 12.1. The average Bonchev–Trinajstić information content (AvgIpc) is 2.92. The van der Waals surface area contributed by atoms with Gasteiger partial charge >= 0.3 is 0 Å². The predicted octanol–water partition coefficient (Wildman–Crippen LogP) is 1.15. The average molecular weight is 334 g/mol. The molecule has 1 aromatic carbocycles. The van der Waals surface area contributed by atoms with Gasteiger partial charge in [0.2, 0.25) is 10.0 Å². The predicted molar refractivity (Wildman–Crippen MR) is 87.3 cm³/mol. The van der Waals surface area contributed by atoms with Crippen LogP contribution in [0.2, 0.25) is 0 Å². The Morgan fingerprint density at radius 3 is 2.57 bits per heavy atom. The van der Waals surface area contributed by atoms with Crippen molar-refractivity contribution in [2.45, 2.75) is 23.9 Å². The van der Waals surface area contributed by atoms with Gasteiger partial charge in [0.05, 0.1) is 4.90 Å². The summed E-state index contributed by atoms with van der Waals surface area (Å²) in [6.45, 7) is 2.83. The van der Waals surface area contributed by atoms with E-state index in [1.807, 2.05) is 12.1 Å². The van der Waals surface area contributed by atoms with Crippen LogP contribution in [0.3, 0.4) is 0 Å². The lowest BCUT2D eigenvalue weighted by atomic mass is 10.1. The van der Waals surface area contributed by atoms with Gasteiger partial charge in [-0.25, -0.2) is 12.7 Å². The largest absolute Gasteiger partial charge is 0.315 e. The molecule has 0 bridgehead atoms. The lowest BCUT2D eigenvalue weighted by molar-refractivity contribution is 0.249. The molecule has 0 aromatic heterocycles. The van der Waals surface area contributed by atoms with Crippen LogP contribution in [-0.4, -0.2) is 57.9 Å². The molecule has 120 valence electrons. The van der Waals surface area contributed by atoms with Crippen LogP contribution in [0.25, 0.3) is 0 Å². The molecule has 1 heterocycles. The van der Waals surface area contributed by atoms with E-state index in [1.54, 1.807) is 26.2 Å². The van der Waals surface area contributed by atoms with Crippen molar-refractivity contribution >= 4 is 22.4 Å². The molecular formula is C14H24ClN3O2S. The first-order chi connectivity index (χ1) is 9.41. The zero-order chi connectivity index (χ0) is 14.8. The maximum absolute atomic E-state index is 12.1. The molecule has 1 fully saturated rings. The molecule has 1 aliphatic rings. The number of likely N-dealkylation sites (N-methyl/N-ethyl adjacent to an activating group) is 1. The molecule has 21 heavy (non-hydrogen) atoms. The highest BCUT2D eigenvalue weighted by atomic mass is 35.5. The van der Waals surface area contributed by atoms with E-state index in [-0.39, 0.29) is 12.4 Å². The highest BCUT2D eigenvalue weighted by molar-refractivity contribution is 7.89. The van der Waals surface area contributed by atoms with Gasteiger partial charge in [-0.05, 0) is 37.7 Å². The summed E-state index contributed by atoms with van der Waals surface area (Å²) in [7, 11) is 1.84. The highest BCUT2D eigenvalue weighted by Crippen LogP contribution is 2.17. The first-order valence-electron chi connectivity index (χ1n) is 6.83. The zero-order valence-corrected chi connectivity index (χ0v) is 14.4. The Balaban J connectivity index is 0.00000220. The number of rotatable bonds is 5. The van der Waals surface area contributed by atoms with Crippen LogP contribution >= 0.6 is 12.4 Å². The Morgan fingerprint density at radius 1 is 1.29 bits per heavy atom. The summed E-state index contributed by atoms with van der Waals surface area (Å²) in [5.41, 5.74) is 1.03. The minimum atomic E-state index is -3.35. The molecule has 1 atom stereocenters. The fraction of sp³-hybridized carbons (Fsp3) is 0.571. The first kappa shape index (κ1) is 18.4. The van der Waals surface area contributed by atoms with Crippen molar-refractivity contribution < 1.29 is 8.42 Å². The summed E-state index contributed by atoms with van der Waals surface area (Å²) >= 11 is 0. The Morgan fingerprint density at radius 2 is 2.00 bits per heavy atom. The number of nitrogens with zero attached hydrogens (tertiary/aromatic N) is 2. The van der Waals surface area contributed by atoms with E-state index in [0.29, 0.717) is 10.9 Å². The van der Waals surface area contributed by atoms with E-state index in [2.05, 4.69) is 17.3 Å². The molecule has 2 rings (SSSR count). The number of halogens is 1. The van der Waals surface area contributed by atoms with Gasteiger partial charge in [0.15, 0.2) is 0 Å². The van der Waals surface area contributed by atoms with Gasteiger partial charge in [0.25, 0.3) is 0 Å². The second kappa shape index (κ2) is 7.56. The number of hydrogen-bond acceptors (Lipinski definition) is 4. The fourth-order valence-corrected chi connectivity index (χ4v) is 3.42. The SMILES string of the molecule is CN(Cc1cccc(S(=O)(=O)N(C)C)c1)C1CCNC1.Cl. The minimum Gasteiger partial charge on any atom is -0.315 e. The van der Waals surface area contributed by atoms with Gasteiger partial charge < -0.3 is 5.32 Å². The lowest BCUT2D eigenvalue weighted by Gasteiger charge is -2.23. The zero-order valence-electron chi connectivity index (χ0n) is 12.7. The van der Waals surface area contributed by atoms with Crippen molar-refractivity contribution in [2.24, 2.45) is 0 Å². The van der Waals surface area contributed by atoms with E-state index < -0.39 is 10.0 Å². The normalized spacial score (nSPS) is 19.0. The van der Waals surface area contributed by atoms with Gasteiger partial charge in [-0.2, -0.15) is 0 Å². The standard InChI is InChI=1S/C14H23N3O2S.ClH/c1-16(2)20(18,19)14-6-4-5-12(9-14)11-17(3)13-7-8-15-10-13;/h4-6,9,13,15H,7-8,10-11H2,1-3H3;1H. The molecule has 0 radical (unpaired) electrons. The number of sulfonamides is 1. The van der Waals surface area contributed by atoms with Crippen molar-refractivity contribution in [3.8, 4) is 0 Å². The van der Waals surface area contributed by atoms with Crippen LogP contribution in [0.15, 0.2) is 29.2 Å². The van der Waals surface area contributed by atoms with E-state index in [0.717, 1.165) is 31.6 Å². The molecule has 1 N–H and O–H groups in total. The van der Waals surface area contributed by atoms with Crippen molar-refractivity contribution in [1.82, 2.24) is 14.5 Å². The molecular weight excluding hydrogens is 310 g/mol. The Hall–Kier alpha value is -0.660. The van der Waals surface area contributed by atoms with E-state index in [4.69, 9.17) is 0 Å². The fourth-order valence-electron chi connectivity index (χ4n) is 2.45. The highest BCUT2D eigenvalue weighted by Gasteiger charge is 2.20. The lowest BCUT2D eigenvalue weighted by Crippen LogP contribution is -2.32. The molecule has 1 unspecified atom stereocenters. The van der Waals surface area contributed by atoms with Crippen molar-refractivity contribution in [1.29, 1.82) is 0 Å². The third-order valence-electron chi connectivity index (χ3n) is 3.77. The molecule has 5 nitrogen and oxygen atoms in total. The molecule has 0 aliphatic carbocycles. The smallest absolute Gasteiger partial charge is 0.242 e. The number of benzene rings is 1. The van der Waals surface area contributed by atoms with Crippen LogP contribution in [0.4, 0.5) is 0 Å². The van der Waals surface area contributed by atoms with Crippen LogP contribution in [0.5, 0.6) is 0 Å². The molecule has 1 aliphatic heterocycles. The molecule has 1 aromatic rings. The summed E-state index contributed by atoms with van der Waals surface area (Å²) in [5, 5.41) is 3.35. The van der Waals surface area contributed by atoms with Crippen LogP contribution in [0, 0.1) is 0 Å². The second-order valence-corrected chi connectivity index (χ2v) is 7.65. The third-order valence-corrected chi connectivity index (χ3v) is 5.58. The van der Waals surface area contributed by atoms with Crippen LogP contribution < -0.4 is 5.32 Å². The van der Waals surface area contributed by atoms with Crippen LogP contribution in [-0.2, 0) is 16.6 Å². The quantitative estimate of drug-likeness (QED) is 0.878. The number of nitrogens with one attached hydrogen (secondary N) is 1. The monoisotopic (exact) mass is 333 g/mol. The van der Waals surface area contributed by atoms with Gasteiger partial charge in [-0.1, -0.05) is 12.1 Å². The third kappa shape index (κ3) is 4.40. The summed E-state index contributed by atoms with van der Waals surface area (Å²) in [4.78, 5) is 2.64. The summed E-state index contributed by atoms with van der Waals surface area (Å²) in [5.74, 6) is 0. The Bertz CT molecular complexity index is 557. The van der Waals surface area contributed by atoms with Crippen molar-refractivity contribution in [3.63, 3.8) is 0 Å². The van der Waals surface area contributed by atoms with E-state index in [9.17, 15) is 8.42 Å². The summed E-state index contributed by atoms with van der Waals surface area (Å²) in [6, 6.07) is 7.74. The van der Waals surface area contributed by atoms with Crippen molar-refractivity contribution in [2.75, 3.05) is 34.2 Å². The molecule has 0 saturated carbocycles.